The number of nitrogens with zero attached hydrogens (tertiary/aromatic N) is 1. The topological polar surface area (TPSA) is 70.7 Å². The lowest BCUT2D eigenvalue weighted by Crippen LogP contribution is -2.52. The number of carbonyl (C=O) groups excluding carboxylic acids is 2. The highest BCUT2D eigenvalue weighted by Crippen LogP contribution is 2.24. The second-order valence-corrected chi connectivity index (χ2v) is 7.78. The molecule has 2 aromatic rings. The van der Waals surface area contributed by atoms with Crippen molar-refractivity contribution < 1.29 is 14.3 Å². The molecular weight excluding hydrogens is 390 g/mol. The van der Waals surface area contributed by atoms with Crippen LogP contribution in [-0.4, -0.2) is 42.6 Å². The molecule has 1 aliphatic heterocycles. The third kappa shape index (κ3) is 5.56. The summed E-state index contributed by atoms with van der Waals surface area (Å²) in [4.78, 5) is 26.9. The van der Waals surface area contributed by atoms with E-state index in [1.165, 1.54) is 0 Å². The number of amides is 3. The molecular formula is C22H26ClN3O3. The Morgan fingerprint density at radius 3 is 2.59 bits per heavy atom. The van der Waals surface area contributed by atoms with Crippen molar-refractivity contribution in [1.82, 2.24) is 10.2 Å². The average Bonchev–Trinajstić information content (AvgIpc) is 2.70. The van der Waals surface area contributed by atoms with Gasteiger partial charge >= 0.3 is 6.03 Å². The maximum Gasteiger partial charge on any atom is 0.325 e. The summed E-state index contributed by atoms with van der Waals surface area (Å²) in [6.07, 6.45) is -0.139. The molecule has 0 spiro atoms. The van der Waals surface area contributed by atoms with Gasteiger partial charge in [0.25, 0.3) is 0 Å². The molecule has 1 heterocycles. The summed E-state index contributed by atoms with van der Waals surface area (Å²) in [7, 11) is 0. The van der Waals surface area contributed by atoms with E-state index >= 15 is 0 Å². The zero-order chi connectivity index (χ0) is 21.0. The highest BCUT2D eigenvalue weighted by molar-refractivity contribution is 6.30. The van der Waals surface area contributed by atoms with Gasteiger partial charge in [-0.3, -0.25) is 15.0 Å². The van der Waals surface area contributed by atoms with Crippen LogP contribution in [0.25, 0.3) is 0 Å². The summed E-state index contributed by atoms with van der Waals surface area (Å²) in [5, 5.41) is 5.85. The Labute approximate surface area is 176 Å². The fourth-order valence-corrected chi connectivity index (χ4v) is 3.52. The molecule has 3 rings (SSSR count). The lowest BCUT2D eigenvalue weighted by Gasteiger charge is -2.36. The summed E-state index contributed by atoms with van der Waals surface area (Å²) in [6, 6.07) is 12.2. The molecule has 0 saturated carbocycles. The van der Waals surface area contributed by atoms with Crippen molar-refractivity contribution in [1.29, 1.82) is 0 Å². The van der Waals surface area contributed by atoms with E-state index in [-0.39, 0.29) is 12.0 Å². The minimum atomic E-state index is -0.531. The number of morpholine rings is 1. The van der Waals surface area contributed by atoms with Crippen molar-refractivity contribution in [3.63, 3.8) is 0 Å². The second kappa shape index (κ2) is 9.39. The average molecular weight is 416 g/mol. The number of aryl methyl sites for hydroxylation is 2. The summed E-state index contributed by atoms with van der Waals surface area (Å²) >= 11 is 5.95. The molecule has 0 radical (unpaired) electrons. The van der Waals surface area contributed by atoms with E-state index in [4.69, 9.17) is 16.3 Å². The summed E-state index contributed by atoms with van der Waals surface area (Å²) < 4.78 is 5.85. The monoisotopic (exact) mass is 415 g/mol. The minimum Gasteiger partial charge on any atom is -0.371 e. The first kappa shape index (κ1) is 21.3. The van der Waals surface area contributed by atoms with Gasteiger partial charge in [0.1, 0.15) is 0 Å². The molecule has 7 heteroatoms. The van der Waals surface area contributed by atoms with Gasteiger partial charge in [-0.1, -0.05) is 41.4 Å². The van der Waals surface area contributed by atoms with Crippen molar-refractivity contribution in [2.45, 2.75) is 32.9 Å². The van der Waals surface area contributed by atoms with Gasteiger partial charge in [0.15, 0.2) is 0 Å². The maximum absolute atomic E-state index is 12.6. The van der Waals surface area contributed by atoms with Crippen molar-refractivity contribution in [2.24, 2.45) is 0 Å². The van der Waals surface area contributed by atoms with Crippen LogP contribution in [0, 0.1) is 13.8 Å². The summed E-state index contributed by atoms with van der Waals surface area (Å²) in [5.74, 6) is -0.343. The van der Waals surface area contributed by atoms with Crippen molar-refractivity contribution in [3.05, 3.63) is 64.2 Å². The van der Waals surface area contributed by atoms with Crippen LogP contribution in [0.4, 0.5) is 10.5 Å². The number of hydrogen-bond acceptors (Lipinski definition) is 4. The van der Waals surface area contributed by atoms with Crippen LogP contribution in [-0.2, 0) is 9.53 Å². The smallest absolute Gasteiger partial charge is 0.325 e. The fraction of sp³-hybridized carbons (Fsp3) is 0.364. The Kier molecular flexibility index (Phi) is 6.90. The zero-order valence-corrected chi connectivity index (χ0v) is 17.6. The first-order chi connectivity index (χ1) is 13.8. The normalized spacial score (nSPS) is 18.1. The quantitative estimate of drug-likeness (QED) is 0.789. The zero-order valence-electron chi connectivity index (χ0n) is 16.9. The predicted octanol–water partition coefficient (Wildman–Crippen LogP) is 4.07. The summed E-state index contributed by atoms with van der Waals surface area (Å²) in [5.41, 5.74) is 3.75. The molecule has 0 aromatic heterocycles. The van der Waals surface area contributed by atoms with E-state index in [9.17, 15) is 9.59 Å². The Morgan fingerprint density at radius 2 is 1.90 bits per heavy atom. The van der Waals surface area contributed by atoms with Gasteiger partial charge in [-0.25, -0.2) is 4.79 Å². The predicted molar refractivity (Wildman–Crippen MR) is 114 cm³/mol. The number of halogens is 1. The highest BCUT2D eigenvalue weighted by Gasteiger charge is 2.29. The van der Waals surface area contributed by atoms with E-state index in [1.54, 1.807) is 6.92 Å². The van der Waals surface area contributed by atoms with E-state index in [1.807, 2.05) is 61.2 Å². The Balaban J connectivity index is 1.57. The molecule has 154 valence electrons. The van der Waals surface area contributed by atoms with Crippen molar-refractivity contribution >= 4 is 29.2 Å². The third-order valence-electron chi connectivity index (χ3n) is 5.13. The van der Waals surface area contributed by atoms with E-state index in [0.29, 0.717) is 30.4 Å². The Bertz CT molecular complexity index is 885. The molecule has 1 saturated heterocycles. The molecule has 3 amide bonds. The number of carbonyl (C=O) groups is 2. The van der Waals surface area contributed by atoms with Crippen LogP contribution in [0.15, 0.2) is 42.5 Å². The SMILES string of the molecule is Cc1ccc(NC(=O)NC(=O)C(C)N2CCOC(c3ccc(Cl)cc3)C2)c(C)c1. The number of ether oxygens (including phenoxy) is 1. The first-order valence-electron chi connectivity index (χ1n) is 9.63. The lowest BCUT2D eigenvalue weighted by molar-refractivity contribution is -0.128. The fourth-order valence-electron chi connectivity index (χ4n) is 3.39. The van der Waals surface area contributed by atoms with E-state index < -0.39 is 12.1 Å². The van der Waals surface area contributed by atoms with Crippen LogP contribution in [0.2, 0.25) is 5.02 Å². The molecule has 29 heavy (non-hydrogen) atoms. The number of anilines is 1. The highest BCUT2D eigenvalue weighted by atomic mass is 35.5. The Morgan fingerprint density at radius 1 is 1.17 bits per heavy atom. The van der Waals surface area contributed by atoms with Gasteiger partial charge in [0.2, 0.25) is 5.91 Å². The second-order valence-electron chi connectivity index (χ2n) is 7.34. The third-order valence-corrected chi connectivity index (χ3v) is 5.39. The van der Waals surface area contributed by atoms with Crippen molar-refractivity contribution in [2.75, 3.05) is 25.0 Å². The molecule has 2 atom stereocenters. The van der Waals surface area contributed by atoms with Gasteiger partial charge in [-0.15, -0.1) is 0 Å². The van der Waals surface area contributed by atoms with E-state index in [2.05, 4.69) is 10.6 Å². The maximum atomic E-state index is 12.6. The standard InChI is InChI=1S/C22H26ClN3O3/c1-14-4-9-19(15(2)12-14)24-22(28)25-21(27)16(3)26-10-11-29-20(13-26)17-5-7-18(23)8-6-17/h4-9,12,16,20H,10-11,13H2,1-3H3,(H2,24,25,27,28). The molecule has 1 aliphatic rings. The van der Waals surface area contributed by atoms with E-state index in [0.717, 1.165) is 16.7 Å². The molecule has 2 aromatic carbocycles. The van der Waals surface area contributed by atoms with Crippen LogP contribution in [0.1, 0.15) is 29.7 Å². The molecule has 0 aliphatic carbocycles. The van der Waals surface area contributed by atoms with Crippen LogP contribution < -0.4 is 10.6 Å². The lowest BCUT2D eigenvalue weighted by atomic mass is 10.1. The number of imide groups is 1. The van der Waals surface area contributed by atoms with Gasteiger partial charge in [-0.2, -0.15) is 0 Å². The van der Waals surface area contributed by atoms with Crippen LogP contribution >= 0.6 is 11.6 Å². The summed E-state index contributed by atoms with van der Waals surface area (Å²) in [6.45, 7) is 7.40. The number of nitrogens with one attached hydrogen (secondary N) is 2. The largest absolute Gasteiger partial charge is 0.371 e. The molecule has 6 nitrogen and oxygen atoms in total. The Hall–Kier alpha value is -2.41. The number of benzene rings is 2. The molecule has 0 bridgehead atoms. The van der Waals surface area contributed by atoms with Crippen LogP contribution in [0.5, 0.6) is 0 Å². The van der Waals surface area contributed by atoms with Gasteiger partial charge in [0, 0.05) is 23.8 Å². The number of hydrogen-bond donors (Lipinski definition) is 2. The van der Waals surface area contributed by atoms with Crippen molar-refractivity contribution in [3.8, 4) is 0 Å². The van der Waals surface area contributed by atoms with Gasteiger partial charge in [0.05, 0.1) is 18.8 Å². The molecule has 1 fully saturated rings. The molecule has 2 N–H and O–H groups in total. The molecule has 2 unspecified atom stereocenters. The first-order valence-corrected chi connectivity index (χ1v) is 10.0. The number of urea groups is 1. The number of rotatable bonds is 4. The van der Waals surface area contributed by atoms with Crippen LogP contribution in [0.3, 0.4) is 0 Å². The minimum absolute atomic E-state index is 0.139. The van der Waals surface area contributed by atoms with Gasteiger partial charge < -0.3 is 10.1 Å². The van der Waals surface area contributed by atoms with Gasteiger partial charge in [-0.05, 0) is 50.1 Å².